The highest BCUT2D eigenvalue weighted by atomic mass is 16.5. The molecule has 1 saturated heterocycles. The van der Waals surface area contributed by atoms with Gasteiger partial charge < -0.3 is 19.5 Å². The molecule has 1 N–H and O–H groups in total. The van der Waals surface area contributed by atoms with E-state index >= 15 is 0 Å². The van der Waals surface area contributed by atoms with Crippen LogP contribution in [0.1, 0.15) is 55.8 Å². The summed E-state index contributed by atoms with van der Waals surface area (Å²) >= 11 is 0. The zero-order chi connectivity index (χ0) is 23.7. The summed E-state index contributed by atoms with van der Waals surface area (Å²) in [5.41, 5.74) is 4.24. The van der Waals surface area contributed by atoms with Gasteiger partial charge in [0.2, 0.25) is 5.82 Å². The minimum Gasteiger partial charge on any atom is -0.490 e. The first-order chi connectivity index (χ1) is 16.5. The highest BCUT2D eigenvalue weighted by molar-refractivity contribution is 5.76. The van der Waals surface area contributed by atoms with Gasteiger partial charge in [-0.25, -0.2) is 4.79 Å². The number of nitrogens with one attached hydrogen (secondary N) is 1. The molecule has 5 rings (SSSR count). The van der Waals surface area contributed by atoms with Crippen LogP contribution in [0.15, 0.2) is 40.9 Å². The van der Waals surface area contributed by atoms with Crippen LogP contribution in [-0.2, 0) is 6.42 Å². The molecule has 0 radical (unpaired) electrons. The normalized spacial score (nSPS) is 17.0. The molecule has 1 unspecified atom stereocenters. The Bertz CT molecular complexity index is 1250. The molecule has 1 aliphatic heterocycles. The third-order valence-corrected chi connectivity index (χ3v) is 6.34. The largest absolute Gasteiger partial charge is 0.490 e. The molecule has 8 nitrogen and oxygen atoms in total. The van der Waals surface area contributed by atoms with Crippen molar-refractivity contribution in [2.75, 3.05) is 13.1 Å². The summed E-state index contributed by atoms with van der Waals surface area (Å²) < 4.78 is 11.3. The molecule has 2 aliphatic rings. The van der Waals surface area contributed by atoms with Crippen molar-refractivity contribution in [3.8, 4) is 34.7 Å². The molecule has 174 valence electrons. The van der Waals surface area contributed by atoms with Crippen molar-refractivity contribution >= 4 is 6.03 Å². The molecule has 0 bridgehead atoms. The van der Waals surface area contributed by atoms with Gasteiger partial charge in [-0.05, 0) is 68.9 Å². The molecule has 0 spiro atoms. The number of nitrogens with zero attached hydrogens (tertiary/aromatic N) is 4. The molecule has 2 heterocycles. The van der Waals surface area contributed by atoms with E-state index in [1.165, 1.54) is 0 Å². The lowest BCUT2D eigenvalue weighted by Crippen LogP contribution is -2.39. The van der Waals surface area contributed by atoms with Crippen molar-refractivity contribution < 1.29 is 14.1 Å². The number of benzene rings is 2. The Hall–Kier alpha value is -3.86. The number of likely N-dealkylation sites (tertiary alicyclic amines) is 1. The molecule has 2 amide bonds. The van der Waals surface area contributed by atoms with Crippen LogP contribution in [0.3, 0.4) is 0 Å². The van der Waals surface area contributed by atoms with E-state index in [0.717, 1.165) is 55.5 Å². The van der Waals surface area contributed by atoms with Crippen molar-refractivity contribution in [1.29, 1.82) is 5.26 Å². The molecule has 1 aromatic heterocycles. The fraction of sp³-hybridized carbons (Fsp3) is 0.385. The Labute approximate surface area is 198 Å². The van der Waals surface area contributed by atoms with Crippen LogP contribution < -0.4 is 10.1 Å². The number of fused-ring (bicyclic) bond motifs is 1. The first-order valence-electron chi connectivity index (χ1n) is 11.8. The minimum absolute atomic E-state index is 0.0129. The van der Waals surface area contributed by atoms with Gasteiger partial charge in [-0.1, -0.05) is 23.4 Å². The number of carbonyl (C=O) groups excluding carboxylic acids is 1. The van der Waals surface area contributed by atoms with E-state index in [4.69, 9.17) is 9.26 Å². The Morgan fingerprint density at radius 3 is 2.85 bits per heavy atom. The lowest BCUT2D eigenvalue weighted by Gasteiger charge is -2.20. The number of urea groups is 1. The summed E-state index contributed by atoms with van der Waals surface area (Å²) in [6, 6.07) is 13.5. The second-order valence-electron chi connectivity index (χ2n) is 9.02. The number of carbonyl (C=O) groups is 1. The molecule has 0 saturated carbocycles. The maximum Gasteiger partial charge on any atom is 0.317 e. The Morgan fingerprint density at radius 2 is 2.09 bits per heavy atom. The lowest BCUT2D eigenvalue weighted by molar-refractivity contribution is 0.204. The van der Waals surface area contributed by atoms with Crippen molar-refractivity contribution in [3.05, 3.63) is 53.1 Å². The van der Waals surface area contributed by atoms with E-state index in [-0.39, 0.29) is 18.2 Å². The Morgan fingerprint density at radius 1 is 1.26 bits per heavy atom. The zero-order valence-electron chi connectivity index (χ0n) is 19.4. The van der Waals surface area contributed by atoms with Crippen LogP contribution in [0.25, 0.3) is 22.8 Å². The van der Waals surface area contributed by atoms with Gasteiger partial charge in [-0.3, -0.25) is 0 Å². The van der Waals surface area contributed by atoms with Crippen LogP contribution in [0.2, 0.25) is 0 Å². The van der Waals surface area contributed by atoms with Crippen LogP contribution >= 0.6 is 0 Å². The van der Waals surface area contributed by atoms with Crippen LogP contribution in [-0.4, -0.2) is 40.3 Å². The average molecular weight is 458 g/mol. The van der Waals surface area contributed by atoms with Gasteiger partial charge in [0.1, 0.15) is 11.8 Å². The third-order valence-electron chi connectivity index (χ3n) is 6.34. The Kier molecular flexibility index (Phi) is 5.93. The van der Waals surface area contributed by atoms with Gasteiger partial charge in [0.05, 0.1) is 17.7 Å². The average Bonchev–Trinajstić information content (AvgIpc) is 3.60. The smallest absolute Gasteiger partial charge is 0.317 e. The van der Waals surface area contributed by atoms with Crippen LogP contribution in [0.5, 0.6) is 5.75 Å². The SMILES string of the molecule is CC(C)Oc1ccc(-c2nc(-c3cccc4c3CCC4NC(=O)N3CCCC3)no2)cc1C#N. The summed E-state index contributed by atoms with van der Waals surface area (Å²) in [7, 11) is 0. The fourth-order valence-corrected chi connectivity index (χ4v) is 4.73. The minimum atomic E-state index is -0.0305. The van der Waals surface area contributed by atoms with Gasteiger partial charge >= 0.3 is 6.03 Å². The molecule has 2 aromatic carbocycles. The van der Waals surface area contributed by atoms with E-state index < -0.39 is 0 Å². The monoisotopic (exact) mass is 457 g/mol. The number of nitriles is 1. The molecule has 34 heavy (non-hydrogen) atoms. The first kappa shape index (κ1) is 22.0. The highest BCUT2D eigenvalue weighted by Gasteiger charge is 2.29. The van der Waals surface area contributed by atoms with E-state index in [1.807, 2.05) is 36.9 Å². The van der Waals surface area contributed by atoms with Gasteiger partial charge in [-0.15, -0.1) is 0 Å². The second kappa shape index (κ2) is 9.18. The van der Waals surface area contributed by atoms with Crippen molar-refractivity contribution in [3.63, 3.8) is 0 Å². The van der Waals surface area contributed by atoms with Gasteiger partial charge in [0.15, 0.2) is 0 Å². The van der Waals surface area contributed by atoms with Crippen molar-refractivity contribution in [2.45, 2.75) is 51.7 Å². The summed E-state index contributed by atoms with van der Waals surface area (Å²) in [6.07, 6.45) is 3.79. The summed E-state index contributed by atoms with van der Waals surface area (Å²) in [6.45, 7) is 5.49. The number of hydrogen-bond acceptors (Lipinski definition) is 6. The lowest BCUT2D eigenvalue weighted by atomic mass is 10.0. The molecule has 1 fully saturated rings. The summed E-state index contributed by atoms with van der Waals surface area (Å²) in [5.74, 6) is 1.38. The van der Waals surface area contributed by atoms with E-state index in [1.54, 1.807) is 12.1 Å². The number of amides is 2. The predicted octanol–water partition coefficient (Wildman–Crippen LogP) is 4.86. The second-order valence-corrected chi connectivity index (χ2v) is 9.02. The third kappa shape index (κ3) is 4.21. The van der Waals surface area contributed by atoms with Crippen LogP contribution in [0.4, 0.5) is 4.79 Å². The van der Waals surface area contributed by atoms with Crippen molar-refractivity contribution in [1.82, 2.24) is 20.4 Å². The van der Waals surface area contributed by atoms with E-state index in [9.17, 15) is 10.1 Å². The standard InChI is InChI=1S/C26H27N5O3/c1-16(2)33-23-11-8-17(14-18(23)15-27)25-29-24(30-34-25)21-7-5-6-20-19(21)9-10-22(20)28-26(32)31-12-3-4-13-31/h5-8,11,14,16,22H,3-4,9-10,12-13H2,1-2H3,(H,28,32). The van der Waals surface area contributed by atoms with Crippen molar-refractivity contribution in [2.24, 2.45) is 0 Å². The summed E-state index contributed by atoms with van der Waals surface area (Å²) in [5, 5.41) is 16.9. The molecular weight excluding hydrogens is 430 g/mol. The highest BCUT2D eigenvalue weighted by Crippen LogP contribution is 2.38. The Balaban J connectivity index is 1.39. The quantitative estimate of drug-likeness (QED) is 0.587. The maximum absolute atomic E-state index is 12.6. The zero-order valence-corrected chi connectivity index (χ0v) is 19.4. The van der Waals surface area contributed by atoms with Gasteiger partial charge in [0.25, 0.3) is 5.89 Å². The van der Waals surface area contributed by atoms with Crippen LogP contribution in [0, 0.1) is 11.3 Å². The number of ether oxygens (including phenoxy) is 1. The number of rotatable bonds is 5. The molecule has 3 aromatic rings. The molecule has 1 atom stereocenters. The fourth-order valence-electron chi connectivity index (χ4n) is 4.73. The number of hydrogen-bond donors (Lipinski definition) is 1. The van der Waals surface area contributed by atoms with E-state index in [0.29, 0.717) is 28.6 Å². The van der Waals surface area contributed by atoms with E-state index in [2.05, 4.69) is 27.6 Å². The topological polar surface area (TPSA) is 104 Å². The van der Waals surface area contributed by atoms with Gasteiger partial charge in [0, 0.05) is 24.2 Å². The summed E-state index contributed by atoms with van der Waals surface area (Å²) in [4.78, 5) is 19.1. The predicted molar refractivity (Wildman–Crippen MR) is 126 cm³/mol. The molecule has 8 heteroatoms. The first-order valence-corrected chi connectivity index (χ1v) is 11.8. The molecular formula is C26H27N5O3. The molecule has 1 aliphatic carbocycles. The number of aromatic nitrogens is 2. The maximum atomic E-state index is 12.6. The van der Waals surface area contributed by atoms with Gasteiger partial charge in [-0.2, -0.15) is 10.2 Å².